The van der Waals surface area contributed by atoms with Gasteiger partial charge in [0.1, 0.15) is 6.54 Å². The normalized spacial score (nSPS) is 25.0. The number of likely N-dealkylation sites (N-methyl/N-ethyl adjacent to an activating group) is 1. The molecule has 2 fully saturated rings. The number of hydrogen-bond acceptors (Lipinski definition) is 4. The number of rotatable bonds is 3. The average molecular weight is 329 g/mol. The van der Waals surface area contributed by atoms with Gasteiger partial charge in [-0.15, -0.1) is 0 Å². The van der Waals surface area contributed by atoms with Crippen LogP contribution in [0.2, 0.25) is 0 Å². The third-order valence-corrected chi connectivity index (χ3v) is 5.51. The summed E-state index contributed by atoms with van der Waals surface area (Å²) in [5.74, 6) is -0.440. The van der Waals surface area contributed by atoms with Gasteiger partial charge >= 0.3 is 5.76 Å². The Morgan fingerprint density at radius 2 is 1.92 bits per heavy atom. The number of benzene rings is 1. The molecule has 0 spiro atoms. The van der Waals surface area contributed by atoms with Crippen LogP contribution in [-0.2, 0) is 11.3 Å². The summed E-state index contributed by atoms with van der Waals surface area (Å²) in [6.07, 6.45) is 4.45. The quantitative estimate of drug-likeness (QED) is 0.860. The van der Waals surface area contributed by atoms with Crippen molar-refractivity contribution in [2.24, 2.45) is 0 Å². The molecule has 6 heteroatoms. The van der Waals surface area contributed by atoms with Crippen LogP contribution in [-0.4, -0.2) is 52.5 Å². The van der Waals surface area contributed by atoms with Crippen molar-refractivity contribution in [3.63, 3.8) is 0 Å². The second kappa shape index (κ2) is 6.09. The summed E-state index contributed by atoms with van der Waals surface area (Å²) in [5, 5.41) is 0. The first-order valence-electron chi connectivity index (χ1n) is 8.73. The van der Waals surface area contributed by atoms with E-state index in [1.807, 2.05) is 23.1 Å². The minimum absolute atomic E-state index is 0.0199. The van der Waals surface area contributed by atoms with Gasteiger partial charge in [-0.25, -0.2) is 4.79 Å². The highest BCUT2D eigenvalue weighted by Crippen LogP contribution is 2.29. The third kappa shape index (κ3) is 2.55. The predicted molar refractivity (Wildman–Crippen MR) is 90.9 cm³/mol. The molecule has 128 valence electrons. The summed E-state index contributed by atoms with van der Waals surface area (Å²) in [6.45, 7) is 1.95. The first-order chi connectivity index (χ1) is 11.6. The number of fused-ring (bicyclic) bond motifs is 1. The van der Waals surface area contributed by atoms with Crippen molar-refractivity contribution in [3.8, 4) is 0 Å². The van der Waals surface area contributed by atoms with Crippen LogP contribution in [0.5, 0.6) is 0 Å². The van der Waals surface area contributed by atoms with E-state index in [4.69, 9.17) is 4.42 Å². The number of hydrogen-bond donors (Lipinski definition) is 0. The Morgan fingerprint density at radius 1 is 1.17 bits per heavy atom. The minimum atomic E-state index is -0.460. The van der Waals surface area contributed by atoms with E-state index in [1.54, 1.807) is 6.07 Å². The molecule has 2 aliphatic rings. The van der Waals surface area contributed by atoms with Crippen molar-refractivity contribution < 1.29 is 9.21 Å². The summed E-state index contributed by atoms with van der Waals surface area (Å²) in [4.78, 5) is 29.3. The van der Waals surface area contributed by atoms with E-state index in [2.05, 4.69) is 11.9 Å². The zero-order valence-electron chi connectivity index (χ0n) is 14.0. The highest BCUT2D eigenvalue weighted by Gasteiger charge is 2.38. The van der Waals surface area contributed by atoms with Crippen LogP contribution in [0.15, 0.2) is 33.5 Å². The topological polar surface area (TPSA) is 58.7 Å². The van der Waals surface area contributed by atoms with Crippen LogP contribution in [0.3, 0.4) is 0 Å². The molecule has 0 unspecified atom stereocenters. The summed E-state index contributed by atoms with van der Waals surface area (Å²) in [6, 6.07) is 7.98. The molecule has 2 aliphatic heterocycles. The average Bonchev–Trinajstić information content (AvgIpc) is 3.27. The van der Waals surface area contributed by atoms with Crippen LogP contribution >= 0.6 is 0 Å². The Bertz CT molecular complexity index is 809. The van der Waals surface area contributed by atoms with Gasteiger partial charge in [-0.3, -0.25) is 9.36 Å². The fourth-order valence-electron chi connectivity index (χ4n) is 4.31. The summed E-state index contributed by atoms with van der Waals surface area (Å²) in [7, 11) is 2.15. The van der Waals surface area contributed by atoms with Crippen LogP contribution in [0, 0.1) is 0 Å². The monoisotopic (exact) mass is 329 g/mol. The van der Waals surface area contributed by atoms with Gasteiger partial charge in [-0.2, -0.15) is 0 Å². The van der Waals surface area contributed by atoms with E-state index in [0.29, 0.717) is 17.1 Å². The van der Waals surface area contributed by atoms with Crippen molar-refractivity contribution in [1.82, 2.24) is 14.4 Å². The number of nitrogens with zero attached hydrogens (tertiary/aromatic N) is 3. The van der Waals surface area contributed by atoms with Crippen molar-refractivity contribution in [2.45, 2.75) is 44.3 Å². The SMILES string of the molecule is CN1CCC[C@H]1[C@H]1CCCN1C(=O)Cn1c(=O)oc2ccccc21. The minimum Gasteiger partial charge on any atom is -0.408 e. The third-order valence-electron chi connectivity index (χ3n) is 5.51. The van der Waals surface area contributed by atoms with Gasteiger partial charge in [-0.05, 0) is 51.4 Å². The summed E-state index contributed by atoms with van der Waals surface area (Å²) in [5.41, 5.74) is 1.22. The fraction of sp³-hybridized carbons (Fsp3) is 0.556. The molecule has 0 radical (unpaired) electrons. The van der Waals surface area contributed by atoms with Crippen molar-refractivity contribution >= 4 is 17.0 Å². The number of aromatic nitrogens is 1. The van der Waals surface area contributed by atoms with Gasteiger partial charge in [0.05, 0.1) is 5.52 Å². The Hall–Kier alpha value is -2.08. The van der Waals surface area contributed by atoms with Gasteiger partial charge in [0.2, 0.25) is 5.91 Å². The van der Waals surface area contributed by atoms with Gasteiger partial charge < -0.3 is 14.2 Å². The molecular formula is C18H23N3O3. The molecule has 0 bridgehead atoms. The fourth-order valence-corrected chi connectivity index (χ4v) is 4.31. The molecule has 0 N–H and O–H groups in total. The van der Waals surface area contributed by atoms with Crippen molar-refractivity contribution in [1.29, 1.82) is 0 Å². The Balaban J connectivity index is 1.57. The number of amides is 1. The number of oxazole rings is 1. The molecular weight excluding hydrogens is 306 g/mol. The van der Waals surface area contributed by atoms with E-state index < -0.39 is 5.76 Å². The van der Waals surface area contributed by atoms with Crippen LogP contribution in [0.1, 0.15) is 25.7 Å². The Morgan fingerprint density at radius 3 is 2.71 bits per heavy atom. The van der Waals surface area contributed by atoms with Crippen molar-refractivity contribution in [3.05, 3.63) is 34.8 Å². The maximum absolute atomic E-state index is 12.9. The summed E-state index contributed by atoms with van der Waals surface area (Å²) >= 11 is 0. The maximum Gasteiger partial charge on any atom is 0.420 e. The smallest absolute Gasteiger partial charge is 0.408 e. The largest absolute Gasteiger partial charge is 0.420 e. The first-order valence-corrected chi connectivity index (χ1v) is 8.73. The standard InChI is InChI=1S/C18H23N3O3/c1-19-10-4-7-13(19)14-8-5-11-20(14)17(22)12-21-15-6-2-3-9-16(15)24-18(21)23/h2-3,6,9,13-14H,4-5,7-8,10-12H2,1H3/t13-,14+/m0/s1. The number of carbonyl (C=O) groups excluding carboxylic acids is 1. The molecule has 1 aromatic carbocycles. The number of carbonyl (C=O) groups is 1. The molecule has 0 saturated carbocycles. The van der Waals surface area contributed by atoms with E-state index >= 15 is 0 Å². The molecule has 1 amide bonds. The van der Waals surface area contributed by atoms with E-state index in [9.17, 15) is 9.59 Å². The molecule has 1 aromatic heterocycles. The lowest BCUT2D eigenvalue weighted by molar-refractivity contribution is -0.133. The van der Waals surface area contributed by atoms with Gasteiger partial charge in [0.25, 0.3) is 0 Å². The molecule has 24 heavy (non-hydrogen) atoms. The molecule has 4 rings (SSSR count). The lowest BCUT2D eigenvalue weighted by Crippen LogP contribution is -2.48. The van der Waals surface area contributed by atoms with Gasteiger partial charge in [-0.1, -0.05) is 12.1 Å². The zero-order valence-corrected chi connectivity index (χ0v) is 14.0. The Labute approximate surface area is 140 Å². The number of para-hydroxylation sites is 2. The molecule has 6 nitrogen and oxygen atoms in total. The lowest BCUT2D eigenvalue weighted by atomic mass is 10.0. The Kier molecular flexibility index (Phi) is 3.92. The summed E-state index contributed by atoms with van der Waals surface area (Å²) < 4.78 is 6.68. The van der Waals surface area contributed by atoms with Gasteiger partial charge in [0, 0.05) is 18.6 Å². The highest BCUT2D eigenvalue weighted by atomic mass is 16.4. The number of likely N-dealkylation sites (tertiary alicyclic amines) is 2. The second-order valence-corrected chi connectivity index (χ2v) is 6.91. The molecule has 3 heterocycles. The lowest BCUT2D eigenvalue weighted by Gasteiger charge is -2.33. The molecule has 0 aliphatic carbocycles. The first kappa shape index (κ1) is 15.4. The van der Waals surface area contributed by atoms with E-state index in [1.165, 1.54) is 11.0 Å². The molecule has 2 aromatic rings. The van der Waals surface area contributed by atoms with Gasteiger partial charge in [0.15, 0.2) is 5.58 Å². The highest BCUT2D eigenvalue weighted by molar-refractivity contribution is 5.80. The van der Waals surface area contributed by atoms with Crippen molar-refractivity contribution in [2.75, 3.05) is 20.1 Å². The van der Waals surface area contributed by atoms with Crippen LogP contribution in [0.25, 0.3) is 11.1 Å². The van der Waals surface area contributed by atoms with E-state index in [0.717, 1.165) is 32.4 Å². The van der Waals surface area contributed by atoms with Crippen LogP contribution in [0.4, 0.5) is 0 Å². The van der Waals surface area contributed by atoms with Crippen LogP contribution < -0.4 is 5.76 Å². The second-order valence-electron chi connectivity index (χ2n) is 6.91. The zero-order chi connectivity index (χ0) is 16.7. The molecule has 2 saturated heterocycles. The predicted octanol–water partition coefficient (Wildman–Crippen LogP) is 1.68. The van der Waals surface area contributed by atoms with E-state index in [-0.39, 0.29) is 18.5 Å². The maximum atomic E-state index is 12.9. The molecule has 2 atom stereocenters.